The average molecular weight is 323 g/mol. The Morgan fingerprint density at radius 1 is 1.29 bits per heavy atom. The molecule has 2 aromatic rings. The number of carbonyl (C=O) groups excluding carboxylic acids is 1. The third kappa shape index (κ3) is 3.01. The average Bonchev–Trinajstić information content (AvgIpc) is 2.55. The maximum atomic E-state index is 12.4. The Kier molecular flexibility index (Phi) is 4.09. The molecule has 6 nitrogen and oxygen atoms in total. The Hall–Kier alpha value is -3.07. The molecule has 1 aliphatic rings. The molecule has 1 aromatic carbocycles. The zero-order chi connectivity index (χ0) is 17.3. The molecule has 0 radical (unpaired) electrons. The van der Waals surface area contributed by atoms with E-state index in [2.05, 4.69) is 0 Å². The second kappa shape index (κ2) is 6.20. The molecule has 0 aliphatic carbocycles. The number of rotatable bonds is 3. The summed E-state index contributed by atoms with van der Waals surface area (Å²) in [5, 5.41) is 8.90. The molecular weight excluding hydrogens is 306 g/mol. The quantitative estimate of drug-likeness (QED) is 0.857. The van der Waals surface area contributed by atoms with Gasteiger partial charge >= 0.3 is 0 Å². The van der Waals surface area contributed by atoms with Crippen LogP contribution in [0.4, 0.5) is 0 Å². The van der Waals surface area contributed by atoms with Crippen LogP contribution in [0.25, 0.3) is 0 Å². The van der Waals surface area contributed by atoms with Crippen LogP contribution in [0.3, 0.4) is 0 Å². The number of nitriles is 1. The molecule has 0 atom stereocenters. The summed E-state index contributed by atoms with van der Waals surface area (Å²) in [5.74, 6) is 0.409. The number of hydrogen-bond acceptors (Lipinski definition) is 4. The fourth-order valence-electron chi connectivity index (χ4n) is 2.58. The Balaban J connectivity index is 1.62. The number of nitrogens with zero attached hydrogens (tertiary/aromatic N) is 3. The van der Waals surface area contributed by atoms with Crippen LogP contribution in [-0.4, -0.2) is 34.6 Å². The molecule has 3 rings (SSSR count). The van der Waals surface area contributed by atoms with Crippen LogP contribution in [-0.2, 0) is 7.05 Å². The third-order valence-electron chi connectivity index (χ3n) is 4.15. The van der Waals surface area contributed by atoms with E-state index >= 15 is 0 Å². The number of likely N-dealkylation sites (tertiary alicyclic amines) is 1. The number of ether oxygens (including phenoxy) is 1. The molecule has 0 bridgehead atoms. The fraction of sp³-hybridized carbons (Fsp3) is 0.278. The first-order valence-electron chi connectivity index (χ1n) is 7.61. The van der Waals surface area contributed by atoms with E-state index in [-0.39, 0.29) is 17.6 Å². The van der Waals surface area contributed by atoms with Crippen LogP contribution < -0.4 is 10.3 Å². The van der Waals surface area contributed by atoms with E-state index in [9.17, 15) is 9.59 Å². The maximum Gasteiger partial charge on any atom is 0.254 e. The first-order chi connectivity index (χ1) is 11.5. The van der Waals surface area contributed by atoms with Gasteiger partial charge in [-0.3, -0.25) is 9.59 Å². The third-order valence-corrected chi connectivity index (χ3v) is 4.15. The maximum absolute atomic E-state index is 12.4. The summed E-state index contributed by atoms with van der Waals surface area (Å²) in [5.41, 5.74) is 1.66. The second-order valence-corrected chi connectivity index (χ2v) is 5.87. The van der Waals surface area contributed by atoms with Gasteiger partial charge in [0.2, 0.25) is 0 Å². The largest absolute Gasteiger partial charge is 0.486 e. The second-order valence-electron chi connectivity index (χ2n) is 5.87. The summed E-state index contributed by atoms with van der Waals surface area (Å²) in [6.07, 6.45) is -0.125. The highest BCUT2D eigenvalue weighted by Crippen LogP contribution is 2.20. The lowest BCUT2D eigenvalue weighted by Crippen LogP contribution is -2.56. The number of hydrogen-bond donors (Lipinski definition) is 0. The normalized spacial score (nSPS) is 14.0. The lowest BCUT2D eigenvalue weighted by Gasteiger charge is -2.39. The van der Waals surface area contributed by atoms with Gasteiger partial charge in [0.05, 0.1) is 24.7 Å². The smallest absolute Gasteiger partial charge is 0.254 e. The number of benzene rings is 1. The van der Waals surface area contributed by atoms with Crippen molar-refractivity contribution in [2.45, 2.75) is 13.0 Å². The molecule has 1 saturated heterocycles. The molecule has 6 heteroatoms. The van der Waals surface area contributed by atoms with Gasteiger partial charge in [-0.25, -0.2) is 0 Å². The molecule has 1 fully saturated rings. The van der Waals surface area contributed by atoms with Gasteiger partial charge in [-0.2, -0.15) is 5.26 Å². The zero-order valence-corrected chi connectivity index (χ0v) is 13.5. The predicted octanol–water partition coefficient (Wildman–Crippen LogP) is 1.47. The minimum absolute atomic E-state index is 0.118. The van der Waals surface area contributed by atoms with Crippen LogP contribution in [0.1, 0.15) is 21.6 Å². The van der Waals surface area contributed by atoms with E-state index in [0.29, 0.717) is 30.0 Å². The van der Waals surface area contributed by atoms with Crippen molar-refractivity contribution >= 4 is 5.91 Å². The van der Waals surface area contributed by atoms with Crippen molar-refractivity contribution in [3.05, 3.63) is 63.6 Å². The van der Waals surface area contributed by atoms with E-state index in [1.807, 2.05) is 19.1 Å². The lowest BCUT2D eigenvalue weighted by atomic mass is 10.1. The molecule has 122 valence electrons. The van der Waals surface area contributed by atoms with Gasteiger partial charge in [-0.05, 0) is 31.2 Å². The molecule has 2 heterocycles. The number of carbonyl (C=O) groups is 1. The van der Waals surface area contributed by atoms with Gasteiger partial charge in [0, 0.05) is 24.4 Å². The SMILES string of the molecule is Cc1cc(OC2CN(C(=O)c3cccc(C#N)c3)C2)cc(=O)n1C. The van der Waals surface area contributed by atoms with Crippen molar-refractivity contribution in [3.8, 4) is 11.8 Å². The number of aromatic nitrogens is 1. The minimum atomic E-state index is -0.125. The van der Waals surface area contributed by atoms with Crippen molar-refractivity contribution < 1.29 is 9.53 Å². The van der Waals surface area contributed by atoms with Crippen molar-refractivity contribution in [2.24, 2.45) is 7.05 Å². The predicted molar refractivity (Wildman–Crippen MR) is 87.9 cm³/mol. The molecule has 0 N–H and O–H groups in total. The van der Waals surface area contributed by atoms with E-state index in [1.54, 1.807) is 40.8 Å². The summed E-state index contributed by atoms with van der Waals surface area (Å²) in [7, 11) is 1.71. The summed E-state index contributed by atoms with van der Waals surface area (Å²) < 4.78 is 7.32. The van der Waals surface area contributed by atoms with Crippen molar-refractivity contribution in [1.29, 1.82) is 5.26 Å². The van der Waals surface area contributed by atoms with E-state index in [4.69, 9.17) is 10.00 Å². The molecule has 0 spiro atoms. The van der Waals surface area contributed by atoms with Crippen LogP contribution in [0.5, 0.6) is 5.75 Å². The Morgan fingerprint density at radius 2 is 2.04 bits per heavy atom. The number of pyridine rings is 1. The van der Waals surface area contributed by atoms with Crippen LogP contribution in [0.2, 0.25) is 0 Å². The van der Waals surface area contributed by atoms with Gasteiger partial charge in [-0.15, -0.1) is 0 Å². The van der Waals surface area contributed by atoms with Crippen molar-refractivity contribution in [2.75, 3.05) is 13.1 Å². The van der Waals surface area contributed by atoms with Crippen LogP contribution >= 0.6 is 0 Å². The molecule has 1 amide bonds. The van der Waals surface area contributed by atoms with E-state index in [0.717, 1.165) is 5.69 Å². The fourth-order valence-corrected chi connectivity index (χ4v) is 2.58. The first-order valence-corrected chi connectivity index (χ1v) is 7.61. The summed E-state index contributed by atoms with van der Waals surface area (Å²) in [6, 6.07) is 11.9. The van der Waals surface area contributed by atoms with Crippen molar-refractivity contribution in [1.82, 2.24) is 9.47 Å². The van der Waals surface area contributed by atoms with Gasteiger partial charge in [0.1, 0.15) is 11.9 Å². The number of aryl methyl sites for hydroxylation is 1. The summed E-state index contributed by atoms with van der Waals surface area (Å²) in [6.45, 7) is 2.76. The molecule has 24 heavy (non-hydrogen) atoms. The Bertz CT molecular complexity index is 889. The first kappa shape index (κ1) is 15.8. The van der Waals surface area contributed by atoms with Gasteiger partial charge in [0.25, 0.3) is 11.5 Å². The zero-order valence-electron chi connectivity index (χ0n) is 13.5. The van der Waals surface area contributed by atoms with Gasteiger partial charge in [0.15, 0.2) is 0 Å². The van der Waals surface area contributed by atoms with Gasteiger partial charge < -0.3 is 14.2 Å². The topological polar surface area (TPSA) is 75.3 Å². The minimum Gasteiger partial charge on any atom is -0.486 e. The molecule has 1 aliphatic heterocycles. The number of amides is 1. The lowest BCUT2D eigenvalue weighted by molar-refractivity contribution is 0.0176. The highest BCUT2D eigenvalue weighted by molar-refractivity contribution is 5.95. The molecule has 0 saturated carbocycles. The van der Waals surface area contributed by atoms with E-state index < -0.39 is 0 Å². The van der Waals surface area contributed by atoms with Crippen LogP contribution in [0.15, 0.2) is 41.2 Å². The highest BCUT2D eigenvalue weighted by Gasteiger charge is 2.33. The molecule has 0 unspecified atom stereocenters. The monoisotopic (exact) mass is 323 g/mol. The standard InChI is InChI=1S/C18H17N3O3/c1-12-6-15(8-17(22)20(12)2)24-16-10-21(11-16)18(23)14-5-3-4-13(7-14)9-19/h3-8,16H,10-11H2,1-2H3. The van der Waals surface area contributed by atoms with Gasteiger partial charge in [-0.1, -0.05) is 6.07 Å². The van der Waals surface area contributed by atoms with E-state index in [1.165, 1.54) is 6.07 Å². The van der Waals surface area contributed by atoms with Crippen molar-refractivity contribution in [3.63, 3.8) is 0 Å². The summed E-state index contributed by atoms with van der Waals surface area (Å²) in [4.78, 5) is 25.8. The van der Waals surface area contributed by atoms with Crippen LogP contribution in [0, 0.1) is 18.3 Å². The Morgan fingerprint density at radius 3 is 2.71 bits per heavy atom. The highest BCUT2D eigenvalue weighted by atomic mass is 16.5. The molecular formula is C18H17N3O3. The molecule has 1 aromatic heterocycles. The Labute approximate surface area is 139 Å². The summed E-state index contributed by atoms with van der Waals surface area (Å²) >= 11 is 0.